The first-order valence-corrected chi connectivity index (χ1v) is 5.64. The van der Waals surface area contributed by atoms with Crippen LogP contribution in [0.15, 0.2) is 6.20 Å². The molecule has 2 nitrogen and oxygen atoms in total. The van der Waals surface area contributed by atoms with Gasteiger partial charge in [-0.1, -0.05) is 30.9 Å². The van der Waals surface area contributed by atoms with Gasteiger partial charge in [0.2, 0.25) is 0 Å². The minimum atomic E-state index is 0.617. The van der Waals surface area contributed by atoms with Crippen molar-refractivity contribution in [3.8, 4) is 0 Å². The lowest BCUT2D eigenvalue weighted by Crippen LogP contribution is -2.08. The van der Waals surface area contributed by atoms with Gasteiger partial charge in [0.05, 0.1) is 16.9 Å². The average Bonchev–Trinajstić information content (AvgIpc) is 2.19. The van der Waals surface area contributed by atoms with Crippen molar-refractivity contribution in [1.82, 2.24) is 10.2 Å². The van der Waals surface area contributed by atoms with Gasteiger partial charge in [-0.05, 0) is 31.2 Å². The summed E-state index contributed by atoms with van der Waals surface area (Å²) in [6.07, 6.45) is 8.19. The second-order valence-electron chi connectivity index (χ2n) is 4.03. The van der Waals surface area contributed by atoms with Crippen LogP contribution < -0.4 is 0 Å². The summed E-state index contributed by atoms with van der Waals surface area (Å²) < 4.78 is 0. The zero-order chi connectivity index (χ0) is 9.97. The van der Waals surface area contributed by atoms with E-state index < -0.39 is 0 Å². The van der Waals surface area contributed by atoms with E-state index in [-0.39, 0.29) is 0 Å². The summed E-state index contributed by atoms with van der Waals surface area (Å²) in [5, 5.41) is 8.73. The Morgan fingerprint density at radius 2 is 2.00 bits per heavy atom. The minimum Gasteiger partial charge on any atom is -0.157 e. The second-order valence-corrected chi connectivity index (χ2v) is 4.43. The molecule has 0 unspecified atom stereocenters. The maximum Gasteiger partial charge on any atom is 0.0685 e. The molecule has 1 aliphatic carbocycles. The fraction of sp³-hybridized carbons (Fsp3) is 0.636. The molecule has 76 valence electrons. The maximum atomic E-state index is 6.16. The Balaban J connectivity index is 2.29. The van der Waals surface area contributed by atoms with E-state index >= 15 is 0 Å². The lowest BCUT2D eigenvalue weighted by atomic mass is 9.84. The minimum absolute atomic E-state index is 0.617. The Kier molecular flexibility index (Phi) is 3.02. The van der Waals surface area contributed by atoms with Crippen molar-refractivity contribution in [3.63, 3.8) is 0 Å². The molecule has 0 N–H and O–H groups in total. The van der Waals surface area contributed by atoms with Gasteiger partial charge in [0.15, 0.2) is 0 Å². The third kappa shape index (κ3) is 1.90. The smallest absolute Gasteiger partial charge is 0.0685 e. The summed E-state index contributed by atoms with van der Waals surface area (Å²) in [7, 11) is 0. The van der Waals surface area contributed by atoms with Crippen molar-refractivity contribution in [2.75, 3.05) is 0 Å². The molecule has 0 amide bonds. The highest BCUT2D eigenvalue weighted by Crippen LogP contribution is 2.36. The van der Waals surface area contributed by atoms with Gasteiger partial charge < -0.3 is 0 Å². The molecular formula is C11H15ClN2. The monoisotopic (exact) mass is 210 g/mol. The van der Waals surface area contributed by atoms with Gasteiger partial charge >= 0.3 is 0 Å². The molecule has 0 aromatic carbocycles. The van der Waals surface area contributed by atoms with Crippen LogP contribution in [-0.4, -0.2) is 10.2 Å². The van der Waals surface area contributed by atoms with E-state index in [9.17, 15) is 0 Å². The second kappa shape index (κ2) is 4.26. The topological polar surface area (TPSA) is 25.8 Å². The van der Waals surface area contributed by atoms with E-state index in [1.165, 1.54) is 37.7 Å². The van der Waals surface area contributed by atoms with Crippen LogP contribution in [0.2, 0.25) is 5.02 Å². The molecular weight excluding hydrogens is 196 g/mol. The molecule has 1 saturated carbocycles. The van der Waals surface area contributed by atoms with Crippen LogP contribution in [0, 0.1) is 6.92 Å². The van der Waals surface area contributed by atoms with E-state index in [1.54, 1.807) is 6.20 Å². The first-order chi connectivity index (χ1) is 6.79. The summed E-state index contributed by atoms with van der Waals surface area (Å²) in [6.45, 7) is 2.00. The number of nitrogens with zero attached hydrogens (tertiary/aromatic N) is 2. The van der Waals surface area contributed by atoms with E-state index in [1.807, 2.05) is 6.92 Å². The number of aromatic nitrogens is 2. The van der Waals surface area contributed by atoms with Crippen molar-refractivity contribution in [3.05, 3.63) is 22.5 Å². The molecule has 1 heterocycles. The zero-order valence-electron chi connectivity index (χ0n) is 8.46. The third-order valence-corrected chi connectivity index (χ3v) is 3.34. The molecule has 0 bridgehead atoms. The molecule has 2 rings (SSSR count). The fourth-order valence-electron chi connectivity index (χ4n) is 2.34. The van der Waals surface area contributed by atoms with Crippen molar-refractivity contribution in [2.45, 2.75) is 44.9 Å². The Labute approximate surface area is 89.7 Å². The van der Waals surface area contributed by atoms with Crippen LogP contribution in [0.1, 0.15) is 49.3 Å². The van der Waals surface area contributed by atoms with Gasteiger partial charge in [0, 0.05) is 0 Å². The van der Waals surface area contributed by atoms with Crippen LogP contribution in [0.3, 0.4) is 0 Å². The van der Waals surface area contributed by atoms with E-state index in [0.29, 0.717) is 5.92 Å². The van der Waals surface area contributed by atoms with Gasteiger partial charge in [0.1, 0.15) is 0 Å². The maximum absolute atomic E-state index is 6.16. The molecule has 14 heavy (non-hydrogen) atoms. The molecule has 1 aromatic rings. The van der Waals surface area contributed by atoms with Crippen LogP contribution >= 0.6 is 11.6 Å². The van der Waals surface area contributed by atoms with Crippen LogP contribution in [0.4, 0.5) is 0 Å². The van der Waals surface area contributed by atoms with Gasteiger partial charge in [-0.15, -0.1) is 0 Å². The van der Waals surface area contributed by atoms with Crippen LogP contribution in [0.25, 0.3) is 0 Å². The quantitative estimate of drug-likeness (QED) is 0.709. The van der Waals surface area contributed by atoms with Gasteiger partial charge in [-0.25, -0.2) is 0 Å². The van der Waals surface area contributed by atoms with Gasteiger partial charge in [-0.3, -0.25) is 0 Å². The summed E-state index contributed by atoms with van der Waals surface area (Å²) >= 11 is 6.16. The molecule has 0 saturated heterocycles. The Morgan fingerprint density at radius 1 is 1.29 bits per heavy atom. The third-order valence-electron chi connectivity index (χ3n) is 3.04. The summed E-state index contributed by atoms with van der Waals surface area (Å²) in [6, 6.07) is 0. The number of hydrogen-bond acceptors (Lipinski definition) is 2. The molecule has 1 aliphatic rings. The number of halogens is 1. The van der Waals surface area contributed by atoms with Crippen molar-refractivity contribution >= 4 is 11.6 Å². The van der Waals surface area contributed by atoms with Crippen LogP contribution in [0.5, 0.6) is 0 Å². The first-order valence-electron chi connectivity index (χ1n) is 5.26. The molecule has 1 aromatic heterocycles. The average molecular weight is 211 g/mol. The summed E-state index contributed by atoms with van der Waals surface area (Å²) in [5.41, 5.74) is 2.24. The van der Waals surface area contributed by atoms with Crippen LogP contribution in [-0.2, 0) is 0 Å². The van der Waals surface area contributed by atoms with Crippen molar-refractivity contribution < 1.29 is 0 Å². The van der Waals surface area contributed by atoms with Gasteiger partial charge in [0.25, 0.3) is 0 Å². The Hall–Kier alpha value is -0.630. The molecule has 1 fully saturated rings. The van der Waals surface area contributed by atoms with Crippen molar-refractivity contribution in [1.29, 1.82) is 0 Å². The number of aryl methyl sites for hydroxylation is 1. The standard InChI is InChI=1S/C11H15ClN2/c1-8-11(10(12)7-13-14-8)9-5-3-2-4-6-9/h7,9H,2-6H2,1H3. The number of rotatable bonds is 1. The summed E-state index contributed by atoms with van der Waals surface area (Å²) in [4.78, 5) is 0. The molecule has 3 heteroatoms. The lowest BCUT2D eigenvalue weighted by molar-refractivity contribution is 0.441. The van der Waals surface area contributed by atoms with E-state index in [2.05, 4.69) is 10.2 Å². The zero-order valence-corrected chi connectivity index (χ0v) is 9.22. The first kappa shape index (κ1) is 9.91. The van der Waals surface area contributed by atoms with Crippen molar-refractivity contribution in [2.24, 2.45) is 0 Å². The highest BCUT2D eigenvalue weighted by Gasteiger charge is 2.20. The Morgan fingerprint density at radius 3 is 2.64 bits per heavy atom. The number of hydrogen-bond donors (Lipinski definition) is 0. The SMILES string of the molecule is Cc1nncc(Cl)c1C1CCCCC1. The molecule has 0 atom stereocenters. The predicted molar refractivity (Wildman–Crippen MR) is 57.6 cm³/mol. The molecule has 0 aliphatic heterocycles. The summed E-state index contributed by atoms with van der Waals surface area (Å²) in [5.74, 6) is 0.617. The largest absolute Gasteiger partial charge is 0.157 e. The fourth-order valence-corrected chi connectivity index (χ4v) is 2.68. The molecule has 0 radical (unpaired) electrons. The predicted octanol–water partition coefficient (Wildman–Crippen LogP) is 3.49. The molecule has 0 spiro atoms. The lowest BCUT2D eigenvalue weighted by Gasteiger charge is -2.23. The van der Waals surface area contributed by atoms with E-state index in [4.69, 9.17) is 11.6 Å². The van der Waals surface area contributed by atoms with E-state index in [0.717, 1.165) is 10.7 Å². The van der Waals surface area contributed by atoms with Gasteiger partial charge in [-0.2, -0.15) is 10.2 Å². The highest BCUT2D eigenvalue weighted by atomic mass is 35.5. The highest BCUT2D eigenvalue weighted by molar-refractivity contribution is 6.31. The normalized spacial score (nSPS) is 18.4. The Bertz CT molecular complexity index is 299.